The second kappa shape index (κ2) is 7.18. The molecule has 1 aromatic heterocycles. The van der Waals surface area contributed by atoms with Crippen molar-refractivity contribution in [1.82, 2.24) is 15.5 Å². The summed E-state index contributed by atoms with van der Waals surface area (Å²) in [6.45, 7) is 7.15. The summed E-state index contributed by atoms with van der Waals surface area (Å²) in [5.41, 5.74) is 3.42. The van der Waals surface area contributed by atoms with E-state index in [4.69, 9.17) is 0 Å². The van der Waals surface area contributed by atoms with E-state index in [0.717, 1.165) is 30.2 Å². The number of hydrogen-bond acceptors (Lipinski definition) is 4. The van der Waals surface area contributed by atoms with Gasteiger partial charge in [-0.15, -0.1) is 5.10 Å². The van der Waals surface area contributed by atoms with Gasteiger partial charge >= 0.3 is 0 Å². The van der Waals surface area contributed by atoms with E-state index in [-0.39, 0.29) is 0 Å². The van der Waals surface area contributed by atoms with E-state index in [2.05, 4.69) is 60.6 Å². The van der Waals surface area contributed by atoms with Crippen LogP contribution in [0.4, 0.5) is 11.5 Å². The molecular weight excluding hydrogens is 260 g/mol. The Labute approximate surface area is 127 Å². The number of aromatic nitrogens is 2. The minimum Gasteiger partial charge on any atom is -0.328 e. The summed E-state index contributed by atoms with van der Waals surface area (Å²) in [5.74, 6) is 0.854. The molecule has 2 aromatic rings. The number of aryl methyl sites for hydroxylation is 1. The van der Waals surface area contributed by atoms with Gasteiger partial charge in [0.2, 0.25) is 0 Å². The van der Waals surface area contributed by atoms with Crippen molar-refractivity contribution >= 4 is 11.5 Å². The van der Waals surface area contributed by atoms with Crippen LogP contribution in [0.15, 0.2) is 36.4 Å². The number of hydrogen-bond donors (Lipinski definition) is 1. The van der Waals surface area contributed by atoms with Gasteiger partial charge in [0.15, 0.2) is 5.82 Å². The molecule has 2 rings (SSSR count). The summed E-state index contributed by atoms with van der Waals surface area (Å²) < 4.78 is 0. The molecule has 112 valence electrons. The van der Waals surface area contributed by atoms with E-state index >= 15 is 0 Å². The van der Waals surface area contributed by atoms with Crippen molar-refractivity contribution in [2.24, 2.45) is 0 Å². The molecule has 1 aromatic carbocycles. The third-order valence-electron chi connectivity index (χ3n) is 3.47. The van der Waals surface area contributed by atoms with Crippen molar-refractivity contribution in [2.75, 3.05) is 11.9 Å². The third kappa shape index (κ3) is 4.26. The molecule has 1 heterocycles. The monoisotopic (exact) mass is 284 g/mol. The van der Waals surface area contributed by atoms with Gasteiger partial charge in [-0.25, -0.2) is 0 Å². The van der Waals surface area contributed by atoms with Crippen molar-refractivity contribution < 1.29 is 0 Å². The Morgan fingerprint density at radius 1 is 1.05 bits per heavy atom. The molecule has 0 unspecified atom stereocenters. The highest BCUT2D eigenvalue weighted by Gasteiger charge is 2.06. The minimum absolute atomic E-state index is 0.450. The van der Waals surface area contributed by atoms with Crippen LogP contribution in [0.3, 0.4) is 0 Å². The van der Waals surface area contributed by atoms with Crippen molar-refractivity contribution in [3.05, 3.63) is 47.7 Å². The highest BCUT2D eigenvalue weighted by atomic mass is 15.2. The van der Waals surface area contributed by atoms with Gasteiger partial charge in [0.1, 0.15) is 0 Å². The van der Waals surface area contributed by atoms with Crippen LogP contribution < -0.4 is 10.2 Å². The summed E-state index contributed by atoms with van der Waals surface area (Å²) in [4.78, 5) is 2.05. The Bertz CT molecular complexity index is 546. The first kappa shape index (κ1) is 15.4. The lowest BCUT2D eigenvalue weighted by molar-refractivity contribution is 0.577. The number of rotatable bonds is 6. The molecule has 0 aliphatic carbocycles. The molecule has 0 amide bonds. The molecule has 0 aliphatic heterocycles. The van der Waals surface area contributed by atoms with Crippen molar-refractivity contribution in [1.29, 1.82) is 0 Å². The van der Waals surface area contributed by atoms with Crippen LogP contribution in [-0.2, 0) is 13.0 Å². The second-order valence-electron chi connectivity index (χ2n) is 5.50. The molecule has 4 heteroatoms. The molecule has 21 heavy (non-hydrogen) atoms. The summed E-state index contributed by atoms with van der Waals surface area (Å²) in [6, 6.07) is 13.0. The van der Waals surface area contributed by atoms with Gasteiger partial charge in [-0.1, -0.05) is 32.9 Å². The van der Waals surface area contributed by atoms with Gasteiger partial charge in [0, 0.05) is 25.3 Å². The summed E-state index contributed by atoms with van der Waals surface area (Å²) in [5, 5.41) is 11.9. The molecule has 1 N–H and O–H groups in total. The molecule has 0 saturated carbocycles. The molecule has 0 saturated heterocycles. The van der Waals surface area contributed by atoms with Crippen LogP contribution in [0.1, 0.15) is 32.0 Å². The van der Waals surface area contributed by atoms with Crippen molar-refractivity contribution in [3.8, 4) is 0 Å². The normalized spacial score (nSPS) is 10.9. The largest absolute Gasteiger partial charge is 0.328 e. The summed E-state index contributed by atoms with van der Waals surface area (Å²) in [6.07, 6.45) is 1.06. The Hall–Kier alpha value is -1.94. The van der Waals surface area contributed by atoms with E-state index in [1.165, 1.54) is 5.56 Å². The zero-order valence-corrected chi connectivity index (χ0v) is 13.3. The maximum Gasteiger partial charge on any atom is 0.155 e. The quantitative estimate of drug-likeness (QED) is 0.883. The molecule has 0 bridgehead atoms. The first-order valence-corrected chi connectivity index (χ1v) is 7.48. The van der Waals surface area contributed by atoms with Gasteiger partial charge in [-0.2, -0.15) is 5.10 Å². The first-order valence-electron chi connectivity index (χ1n) is 7.48. The van der Waals surface area contributed by atoms with Gasteiger partial charge in [-0.05, 0) is 36.2 Å². The molecule has 4 nitrogen and oxygen atoms in total. The average Bonchev–Trinajstić information content (AvgIpc) is 2.53. The maximum absolute atomic E-state index is 4.31. The van der Waals surface area contributed by atoms with E-state index in [1.807, 2.05) is 24.1 Å². The van der Waals surface area contributed by atoms with E-state index in [0.29, 0.717) is 6.04 Å². The Morgan fingerprint density at radius 3 is 2.29 bits per heavy atom. The Morgan fingerprint density at radius 2 is 1.76 bits per heavy atom. The molecule has 0 atom stereocenters. The van der Waals surface area contributed by atoms with E-state index < -0.39 is 0 Å². The van der Waals surface area contributed by atoms with Crippen molar-refractivity contribution in [3.63, 3.8) is 0 Å². The maximum atomic E-state index is 4.31. The molecule has 0 fully saturated rings. The van der Waals surface area contributed by atoms with Crippen LogP contribution in [-0.4, -0.2) is 23.3 Å². The molecular formula is C17H24N4. The fraction of sp³-hybridized carbons (Fsp3) is 0.412. The standard InChI is InChI=1S/C17H24N4/c1-5-14-6-9-16(10-7-14)21(4)17-11-8-15(19-20-17)12-18-13(2)3/h6-11,13,18H,5,12H2,1-4H3. The number of anilines is 2. The fourth-order valence-electron chi connectivity index (χ4n) is 2.02. The predicted molar refractivity (Wildman–Crippen MR) is 87.9 cm³/mol. The van der Waals surface area contributed by atoms with Gasteiger partial charge in [0.05, 0.1) is 5.69 Å². The van der Waals surface area contributed by atoms with Gasteiger partial charge < -0.3 is 10.2 Å². The topological polar surface area (TPSA) is 41.0 Å². The number of benzene rings is 1. The molecule has 0 aliphatic rings. The van der Waals surface area contributed by atoms with Crippen molar-refractivity contribution in [2.45, 2.75) is 39.8 Å². The SMILES string of the molecule is CCc1ccc(N(C)c2ccc(CNC(C)C)nn2)cc1. The fourth-order valence-corrected chi connectivity index (χ4v) is 2.02. The lowest BCUT2D eigenvalue weighted by atomic mass is 10.1. The number of nitrogens with one attached hydrogen (secondary N) is 1. The minimum atomic E-state index is 0.450. The summed E-state index contributed by atoms with van der Waals surface area (Å²) in [7, 11) is 2.01. The lowest BCUT2D eigenvalue weighted by Gasteiger charge is -2.18. The first-order chi connectivity index (χ1) is 10.1. The number of nitrogens with zero attached hydrogens (tertiary/aromatic N) is 3. The van der Waals surface area contributed by atoms with E-state index in [1.54, 1.807) is 0 Å². The third-order valence-corrected chi connectivity index (χ3v) is 3.47. The predicted octanol–water partition coefficient (Wildman–Crippen LogP) is 3.30. The zero-order valence-electron chi connectivity index (χ0n) is 13.3. The lowest BCUT2D eigenvalue weighted by Crippen LogP contribution is -2.22. The second-order valence-corrected chi connectivity index (χ2v) is 5.50. The summed E-state index contributed by atoms with van der Waals surface area (Å²) >= 11 is 0. The Kier molecular flexibility index (Phi) is 5.28. The highest BCUT2D eigenvalue weighted by Crippen LogP contribution is 2.21. The Balaban J connectivity index is 2.06. The van der Waals surface area contributed by atoms with E-state index in [9.17, 15) is 0 Å². The van der Waals surface area contributed by atoms with Crippen LogP contribution in [0.5, 0.6) is 0 Å². The van der Waals surface area contributed by atoms with Gasteiger partial charge in [-0.3, -0.25) is 0 Å². The smallest absolute Gasteiger partial charge is 0.155 e. The van der Waals surface area contributed by atoms with Crippen LogP contribution in [0.25, 0.3) is 0 Å². The van der Waals surface area contributed by atoms with Crippen LogP contribution >= 0.6 is 0 Å². The highest BCUT2D eigenvalue weighted by molar-refractivity contribution is 5.58. The van der Waals surface area contributed by atoms with Gasteiger partial charge in [0.25, 0.3) is 0 Å². The van der Waals surface area contributed by atoms with Crippen LogP contribution in [0, 0.1) is 0 Å². The average molecular weight is 284 g/mol. The molecule has 0 spiro atoms. The zero-order chi connectivity index (χ0) is 15.2. The molecule has 0 radical (unpaired) electrons. The van der Waals surface area contributed by atoms with Crippen LogP contribution in [0.2, 0.25) is 0 Å².